The first-order valence-corrected chi connectivity index (χ1v) is 13.2. The van der Waals surface area contributed by atoms with E-state index >= 15 is 0 Å². The molecule has 2 aliphatic heterocycles. The van der Waals surface area contributed by atoms with E-state index in [0.717, 1.165) is 5.69 Å². The molecular weight excluding hydrogens is 505 g/mol. The molecule has 0 spiro atoms. The van der Waals surface area contributed by atoms with Crippen molar-refractivity contribution in [3.8, 4) is 0 Å². The van der Waals surface area contributed by atoms with Gasteiger partial charge in [0.25, 0.3) is 11.5 Å². The van der Waals surface area contributed by atoms with Crippen molar-refractivity contribution in [3.05, 3.63) is 56.4 Å². The Balaban J connectivity index is 1.31. The summed E-state index contributed by atoms with van der Waals surface area (Å²) >= 11 is 7.33. The molecule has 190 valence electrons. The molecule has 3 aromatic rings. The summed E-state index contributed by atoms with van der Waals surface area (Å²) in [4.78, 5) is 50.2. The minimum atomic E-state index is -0.876. The fourth-order valence-electron chi connectivity index (χ4n) is 4.80. The number of thiophene rings is 1. The first-order valence-electron chi connectivity index (χ1n) is 12.0. The fourth-order valence-corrected chi connectivity index (χ4v) is 6.09. The molecule has 2 amide bonds. The molecule has 4 heterocycles. The number of anilines is 1. The van der Waals surface area contributed by atoms with E-state index in [9.17, 15) is 18.8 Å². The highest BCUT2D eigenvalue weighted by molar-refractivity contribution is 7.20. The lowest BCUT2D eigenvalue weighted by Crippen LogP contribution is -2.48. The molecule has 1 aromatic carbocycles. The van der Waals surface area contributed by atoms with Crippen LogP contribution in [0.25, 0.3) is 10.2 Å². The van der Waals surface area contributed by atoms with Gasteiger partial charge in [0.15, 0.2) is 0 Å². The van der Waals surface area contributed by atoms with Crippen LogP contribution in [0.3, 0.4) is 0 Å². The number of carbonyl (C=O) groups excluding carboxylic acids is 2. The number of piperidine rings is 1. The number of aromatic nitrogens is 2. The molecule has 0 aliphatic carbocycles. The van der Waals surface area contributed by atoms with Crippen LogP contribution < -0.4 is 10.5 Å². The topological polar surface area (TPSA) is 78.8 Å². The summed E-state index contributed by atoms with van der Waals surface area (Å²) in [5.74, 6) is -0.343. The molecule has 2 aromatic heterocycles. The van der Waals surface area contributed by atoms with Gasteiger partial charge in [-0.15, -0.1) is 11.3 Å². The smallest absolute Gasteiger partial charge is 0.264 e. The van der Waals surface area contributed by atoms with Gasteiger partial charge in [-0.25, -0.2) is 9.37 Å². The van der Waals surface area contributed by atoms with Crippen LogP contribution in [-0.4, -0.2) is 76.6 Å². The van der Waals surface area contributed by atoms with E-state index in [1.165, 1.54) is 22.2 Å². The van der Waals surface area contributed by atoms with Crippen LogP contribution in [0.2, 0.25) is 5.02 Å². The Morgan fingerprint density at radius 1 is 1.11 bits per heavy atom. The second-order valence-corrected chi connectivity index (χ2v) is 10.7. The third-order valence-electron chi connectivity index (χ3n) is 6.93. The van der Waals surface area contributed by atoms with Crippen molar-refractivity contribution >= 4 is 50.7 Å². The summed E-state index contributed by atoms with van der Waals surface area (Å²) in [6.45, 7) is 4.79. The van der Waals surface area contributed by atoms with Gasteiger partial charge in [-0.1, -0.05) is 17.7 Å². The van der Waals surface area contributed by atoms with E-state index in [1.54, 1.807) is 16.7 Å². The zero-order chi connectivity index (χ0) is 25.4. The minimum absolute atomic E-state index is 0.114. The number of hydrogen-bond acceptors (Lipinski definition) is 6. The monoisotopic (exact) mass is 531 g/mol. The largest absolute Gasteiger partial charge is 0.368 e. The summed E-state index contributed by atoms with van der Waals surface area (Å²) in [5, 5.41) is 1.05. The van der Waals surface area contributed by atoms with Crippen LogP contribution in [0.1, 0.15) is 28.1 Å². The predicted molar refractivity (Wildman–Crippen MR) is 139 cm³/mol. The van der Waals surface area contributed by atoms with Crippen LogP contribution in [0.5, 0.6) is 0 Å². The lowest BCUT2D eigenvalue weighted by Gasteiger charge is -2.36. The summed E-state index contributed by atoms with van der Waals surface area (Å²) in [6.07, 6.45) is 1.12. The van der Waals surface area contributed by atoms with E-state index in [0.29, 0.717) is 77.8 Å². The average Bonchev–Trinajstić information content (AvgIpc) is 3.22. The van der Waals surface area contributed by atoms with Crippen LogP contribution in [0, 0.1) is 6.92 Å². The number of alkyl halides is 1. The predicted octanol–water partition coefficient (Wildman–Crippen LogP) is 3.34. The van der Waals surface area contributed by atoms with Crippen LogP contribution >= 0.6 is 22.9 Å². The molecule has 0 atom stereocenters. The molecule has 0 saturated carbocycles. The maximum absolute atomic E-state index is 13.4. The highest BCUT2D eigenvalue weighted by Gasteiger charge is 2.28. The van der Waals surface area contributed by atoms with Gasteiger partial charge in [0, 0.05) is 50.0 Å². The van der Waals surface area contributed by atoms with E-state index in [1.807, 2.05) is 24.3 Å². The molecule has 0 N–H and O–H groups in total. The Bertz CT molecular complexity index is 1360. The van der Waals surface area contributed by atoms with Crippen molar-refractivity contribution in [1.82, 2.24) is 19.4 Å². The molecule has 5 rings (SSSR count). The number of nitrogens with zero attached hydrogens (tertiary/aromatic N) is 5. The number of piperazine rings is 1. The molecule has 36 heavy (non-hydrogen) atoms. The van der Waals surface area contributed by atoms with E-state index < -0.39 is 6.17 Å². The summed E-state index contributed by atoms with van der Waals surface area (Å²) in [6, 6.07) is 7.67. The molecule has 2 fully saturated rings. The molecule has 2 aliphatic rings. The Morgan fingerprint density at radius 3 is 2.53 bits per heavy atom. The van der Waals surface area contributed by atoms with Crippen molar-refractivity contribution < 1.29 is 14.0 Å². The quantitative estimate of drug-likeness (QED) is 0.516. The van der Waals surface area contributed by atoms with Crippen LogP contribution in [0.4, 0.5) is 10.1 Å². The van der Waals surface area contributed by atoms with Gasteiger partial charge < -0.3 is 14.7 Å². The minimum Gasteiger partial charge on any atom is -0.368 e. The lowest BCUT2D eigenvalue weighted by molar-refractivity contribution is -0.133. The summed E-state index contributed by atoms with van der Waals surface area (Å²) < 4.78 is 14.7. The number of likely N-dealkylation sites (tertiary alicyclic amines) is 1. The van der Waals surface area contributed by atoms with Gasteiger partial charge in [0.2, 0.25) is 5.91 Å². The van der Waals surface area contributed by atoms with Gasteiger partial charge in [-0.2, -0.15) is 0 Å². The molecule has 2 saturated heterocycles. The second kappa shape index (κ2) is 10.2. The van der Waals surface area contributed by atoms with Crippen LogP contribution in [0.15, 0.2) is 35.4 Å². The third-order valence-corrected chi connectivity index (χ3v) is 8.36. The normalized spacial score (nSPS) is 17.1. The summed E-state index contributed by atoms with van der Waals surface area (Å²) in [5.41, 5.74) is 1.28. The maximum Gasteiger partial charge on any atom is 0.264 e. The van der Waals surface area contributed by atoms with Crippen molar-refractivity contribution in [1.29, 1.82) is 0 Å². The highest BCUT2D eigenvalue weighted by Crippen LogP contribution is 2.29. The number of amides is 2. The standard InChI is InChI=1S/C25H27ClFN5O3S/c1-16-21-23(28-15-32(24(21)34)14-20(33)30-7-5-18(27)6-8-30)36-22(16)25(35)31-11-9-29(10-12-31)19-4-2-3-17(26)13-19/h2-4,13,15,18H,5-12,14H2,1H3. The number of fused-ring (bicyclic) bond motifs is 1. The average molecular weight is 532 g/mol. The fraction of sp³-hybridized carbons (Fsp3) is 0.440. The van der Waals surface area contributed by atoms with Crippen molar-refractivity contribution in [3.63, 3.8) is 0 Å². The number of aryl methyl sites for hydroxylation is 1. The number of halogens is 2. The van der Waals surface area contributed by atoms with E-state index in [2.05, 4.69) is 9.88 Å². The summed E-state index contributed by atoms with van der Waals surface area (Å²) in [7, 11) is 0. The molecule has 0 bridgehead atoms. The van der Waals surface area contributed by atoms with Crippen LogP contribution in [-0.2, 0) is 11.3 Å². The highest BCUT2D eigenvalue weighted by atomic mass is 35.5. The van der Waals surface area contributed by atoms with E-state index in [-0.39, 0.29) is 23.9 Å². The lowest BCUT2D eigenvalue weighted by atomic mass is 10.1. The van der Waals surface area contributed by atoms with Gasteiger partial charge in [-0.3, -0.25) is 19.0 Å². The van der Waals surface area contributed by atoms with Gasteiger partial charge in [0.05, 0.1) is 16.6 Å². The second-order valence-electron chi connectivity index (χ2n) is 9.23. The van der Waals surface area contributed by atoms with Crippen molar-refractivity contribution in [2.45, 2.75) is 32.5 Å². The molecule has 0 radical (unpaired) electrons. The zero-order valence-electron chi connectivity index (χ0n) is 20.0. The van der Waals surface area contributed by atoms with Gasteiger partial charge in [-0.05, 0) is 43.5 Å². The Hall–Kier alpha value is -2.98. The van der Waals surface area contributed by atoms with Gasteiger partial charge in [0.1, 0.15) is 17.5 Å². The SMILES string of the molecule is Cc1c(C(=O)N2CCN(c3cccc(Cl)c3)CC2)sc2ncn(CC(=O)N3CCC(F)CC3)c(=O)c12. The number of rotatable bonds is 4. The third kappa shape index (κ3) is 4.84. The number of carbonyl (C=O) groups is 2. The molecule has 0 unspecified atom stereocenters. The maximum atomic E-state index is 13.4. The number of hydrogen-bond donors (Lipinski definition) is 0. The zero-order valence-corrected chi connectivity index (χ0v) is 21.5. The number of benzene rings is 1. The van der Waals surface area contributed by atoms with Crippen molar-refractivity contribution in [2.75, 3.05) is 44.2 Å². The first-order chi connectivity index (χ1) is 17.3. The van der Waals surface area contributed by atoms with E-state index in [4.69, 9.17) is 11.6 Å². The van der Waals surface area contributed by atoms with Crippen molar-refractivity contribution in [2.24, 2.45) is 0 Å². The molecule has 11 heteroatoms. The van der Waals surface area contributed by atoms with Gasteiger partial charge >= 0.3 is 0 Å². The molecule has 8 nitrogen and oxygen atoms in total. The Kier molecular flexibility index (Phi) is 6.98. The Labute approximate surface area is 216 Å². The molecular formula is C25H27ClFN5O3S. The first kappa shape index (κ1) is 24.7. The Morgan fingerprint density at radius 2 is 1.83 bits per heavy atom.